The van der Waals surface area contributed by atoms with E-state index in [1.54, 1.807) is 31.4 Å². The van der Waals surface area contributed by atoms with E-state index in [-0.39, 0.29) is 5.13 Å². The Balaban J connectivity index is 2.02. The number of urea groups is 1. The quantitative estimate of drug-likeness (QED) is 0.889. The third-order valence-electron chi connectivity index (χ3n) is 2.39. The molecule has 6 nitrogen and oxygen atoms in total. The van der Waals surface area contributed by atoms with Crippen molar-refractivity contribution in [3.8, 4) is 17.1 Å². The van der Waals surface area contributed by atoms with Crippen molar-refractivity contribution in [2.24, 2.45) is 0 Å². The van der Waals surface area contributed by atoms with Gasteiger partial charge in [0.05, 0.1) is 13.7 Å². The molecule has 0 atom stereocenters. The largest absolute Gasteiger partial charge is 0.497 e. The molecule has 0 fully saturated rings. The maximum atomic E-state index is 12.0. The van der Waals surface area contributed by atoms with Gasteiger partial charge in [-0.15, -0.1) is 0 Å². The van der Waals surface area contributed by atoms with Crippen LogP contribution in [0.25, 0.3) is 11.4 Å². The van der Waals surface area contributed by atoms with Crippen LogP contribution < -0.4 is 15.4 Å². The number of benzene rings is 1. The molecule has 0 bridgehead atoms. The van der Waals surface area contributed by atoms with Gasteiger partial charge in [0.15, 0.2) is 5.82 Å². The van der Waals surface area contributed by atoms with Crippen molar-refractivity contribution in [1.82, 2.24) is 14.7 Å². The van der Waals surface area contributed by atoms with Crippen LogP contribution in [-0.2, 0) is 0 Å². The number of rotatable bonds is 5. The molecule has 2 N–H and O–H groups in total. The molecule has 0 aliphatic rings. The second-order valence-corrected chi connectivity index (χ2v) is 4.63. The topological polar surface area (TPSA) is 76.1 Å². The molecule has 1 aromatic heterocycles. The zero-order chi connectivity index (χ0) is 15.2. The zero-order valence-corrected chi connectivity index (χ0v) is 11.8. The minimum atomic E-state index is -2.60. The summed E-state index contributed by atoms with van der Waals surface area (Å²) in [4.78, 5) is 15.4. The van der Waals surface area contributed by atoms with E-state index in [1.807, 2.05) is 5.32 Å². The first-order valence-corrected chi connectivity index (χ1v) is 6.67. The Kier molecular flexibility index (Phi) is 4.99. The lowest BCUT2D eigenvalue weighted by atomic mass is 10.2. The van der Waals surface area contributed by atoms with Gasteiger partial charge < -0.3 is 10.1 Å². The number of methoxy groups -OCH3 is 1. The van der Waals surface area contributed by atoms with Crippen LogP contribution in [0.1, 0.15) is 0 Å². The summed E-state index contributed by atoms with van der Waals surface area (Å²) in [7, 11) is 1.55. The number of hydrogen-bond donors (Lipinski definition) is 2. The van der Waals surface area contributed by atoms with Gasteiger partial charge in [-0.05, 0) is 12.1 Å². The van der Waals surface area contributed by atoms with Crippen molar-refractivity contribution in [3.05, 3.63) is 24.3 Å². The predicted octanol–water partition coefficient (Wildman–Crippen LogP) is 2.60. The van der Waals surface area contributed by atoms with Gasteiger partial charge in [0.2, 0.25) is 5.13 Å². The minimum Gasteiger partial charge on any atom is -0.497 e. The van der Waals surface area contributed by atoms with Gasteiger partial charge >= 0.3 is 6.03 Å². The number of alkyl halides is 2. The number of nitrogens with zero attached hydrogens (tertiary/aromatic N) is 2. The van der Waals surface area contributed by atoms with Crippen LogP contribution in [0.15, 0.2) is 24.3 Å². The molecule has 0 radical (unpaired) electrons. The Morgan fingerprint density at radius 1 is 1.48 bits per heavy atom. The zero-order valence-electron chi connectivity index (χ0n) is 11.0. The van der Waals surface area contributed by atoms with Crippen LogP contribution in [0.2, 0.25) is 0 Å². The molecule has 0 spiro atoms. The van der Waals surface area contributed by atoms with E-state index in [2.05, 4.69) is 14.7 Å². The molecule has 2 rings (SSSR count). The lowest BCUT2D eigenvalue weighted by molar-refractivity contribution is 0.148. The van der Waals surface area contributed by atoms with E-state index in [0.717, 1.165) is 17.1 Å². The molecule has 2 amide bonds. The molecule has 112 valence electrons. The first-order valence-electron chi connectivity index (χ1n) is 5.89. The third-order valence-corrected chi connectivity index (χ3v) is 3.02. The first-order chi connectivity index (χ1) is 10.1. The van der Waals surface area contributed by atoms with Gasteiger partial charge in [0.25, 0.3) is 6.43 Å². The van der Waals surface area contributed by atoms with Crippen molar-refractivity contribution in [1.29, 1.82) is 0 Å². The Morgan fingerprint density at radius 3 is 3.00 bits per heavy atom. The molecule has 0 saturated heterocycles. The van der Waals surface area contributed by atoms with E-state index in [1.165, 1.54) is 0 Å². The molecule has 1 heterocycles. The average molecular weight is 314 g/mol. The number of hydrogen-bond acceptors (Lipinski definition) is 5. The molecule has 9 heteroatoms. The van der Waals surface area contributed by atoms with E-state index in [4.69, 9.17) is 4.74 Å². The summed E-state index contributed by atoms with van der Waals surface area (Å²) in [5.74, 6) is 1.08. The van der Waals surface area contributed by atoms with Crippen molar-refractivity contribution >= 4 is 22.7 Å². The number of nitrogens with one attached hydrogen (secondary N) is 2. The van der Waals surface area contributed by atoms with E-state index in [9.17, 15) is 13.6 Å². The van der Waals surface area contributed by atoms with Crippen LogP contribution in [-0.4, -0.2) is 35.5 Å². The SMILES string of the molecule is COc1cccc(-c2nsc(NC(=O)NCC(F)F)n2)c1. The summed E-state index contributed by atoms with van der Waals surface area (Å²) in [5, 5.41) is 4.58. The number of carbonyl (C=O) groups excluding carboxylic acids is 1. The number of halogens is 2. The third kappa shape index (κ3) is 4.35. The summed E-state index contributed by atoms with van der Waals surface area (Å²) in [5.41, 5.74) is 0.728. The summed E-state index contributed by atoms with van der Waals surface area (Å²) < 4.78 is 33.1. The molecule has 1 aromatic carbocycles. The van der Waals surface area contributed by atoms with Gasteiger partial charge in [-0.1, -0.05) is 12.1 Å². The molecule has 0 saturated carbocycles. The van der Waals surface area contributed by atoms with Crippen LogP contribution in [0, 0.1) is 0 Å². The number of amides is 2. The summed E-state index contributed by atoms with van der Waals surface area (Å²) in [6.07, 6.45) is -2.60. The number of aromatic nitrogens is 2. The lowest BCUT2D eigenvalue weighted by Gasteiger charge is -2.03. The second kappa shape index (κ2) is 6.93. The number of ether oxygens (including phenoxy) is 1. The lowest BCUT2D eigenvalue weighted by Crippen LogP contribution is -2.32. The van der Waals surface area contributed by atoms with Gasteiger partial charge in [-0.3, -0.25) is 5.32 Å². The van der Waals surface area contributed by atoms with E-state index < -0.39 is 19.0 Å². The maximum Gasteiger partial charge on any atom is 0.321 e. The highest BCUT2D eigenvalue weighted by Gasteiger charge is 2.11. The average Bonchev–Trinajstić information content (AvgIpc) is 2.93. The maximum absolute atomic E-state index is 12.0. The summed E-state index contributed by atoms with van der Waals surface area (Å²) in [6, 6.07) is 6.38. The molecular weight excluding hydrogens is 302 g/mol. The summed E-state index contributed by atoms with van der Waals surface area (Å²) >= 11 is 0.959. The molecule has 0 aliphatic carbocycles. The van der Waals surface area contributed by atoms with Gasteiger partial charge in [-0.25, -0.2) is 13.6 Å². The van der Waals surface area contributed by atoms with Gasteiger partial charge in [0.1, 0.15) is 5.75 Å². The fourth-order valence-corrected chi connectivity index (χ4v) is 2.05. The molecule has 0 unspecified atom stereocenters. The van der Waals surface area contributed by atoms with Crippen LogP contribution in [0.3, 0.4) is 0 Å². The fraction of sp³-hybridized carbons (Fsp3) is 0.250. The second-order valence-electron chi connectivity index (χ2n) is 3.88. The fourth-order valence-electron chi connectivity index (χ4n) is 1.46. The molecule has 21 heavy (non-hydrogen) atoms. The standard InChI is InChI=1S/C12H12F2N4O2S/c1-20-8-4-2-3-7(5-8)10-16-12(21-18-10)17-11(19)15-6-9(13)14/h2-5,9H,6H2,1H3,(H2,15,16,17,18,19). The molecule has 0 aliphatic heterocycles. The monoisotopic (exact) mass is 314 g/mol. The highest BCUT2D eigenvalue weighted by molar-refractivity contribution is 7.10. The van der Waals surface area contributed by atoms with Gasteiger partial charge in [-0.2, -0.15) is 9.36 Å². The van der Waals surface area contributed by atoms with Crippen LogP contribution in [0.4, 0.5) is 18.7 Å². The smallest absolute Gasteiger partial charge is 0.321 e. The van der Waals surface area contributed by atoms with Crippen molar-refractivity contribution in [3.63, 3.8) is 0 Å². The summed E-state index contributed by atoms with van der Waals surface area (Å²) in [6.45, 7) is -0.715. The Hall–Kier alpha value is -2.29. The van der Waals surface area contributed by atoms with E-state index >= 15 is 0 Å². The number of carbonyl (C=O) groups is 1. The molecule has 2 aromatic rings. The first kappa shape index (κ1) is 15.1. The Morgan fingerprint density at radius 2 is 2.29 bits per heavy atom. The Bertz CT molecular complexity index is 621. The highest BCUT2D eigenvalue weighted by Crippen LogP contribution is 2.24. The van der Waals surface area contributed by atoms with Crippen LogP contribution in [0.5, 0.6) is 5.75 Å². The molecular formula is C12H12F2N4O2S. The van der Waals surface area contributed by atoms with E-state index in [0.29, 0.717) is 11.6 Å². The Labute approximate surface area is 123 Å². The van der Waals surface area contributed by atoms with Crippen LogP contribution >= 0.6 is 11.5 Å². The minimum absolute atomic E-state index is 0.222. The number of anilines is 1. The van der Waals surface area contributed by atoms with Crippen molar-refractivity contribution < 1.29 is 18.3 Å². The van der Waals surface area contributed by atoms with Crippen molar-refractivity contribution in [2.45, 2.75) is 6.43 Å². The van der Waals surface area contributed by atoms with Gasteiger partial charge in [0, 0.05) is 17.1 Å². The highest BCUT2D eigenvalue weighted by atomic mass is 32.1. The normalized spacial score (nSPS) is 10.5. The predicted molar refractivity (Wildman–Crippen MR) is 74.9 cm³/mol. The van der Waals surface area contributed by atoms with Crippen molar-refractivity contribution in [2.75, 3.05) is 19.0 Å².